The summed E-state index contributed by atoms with van der Waals surface area (Å²) in [7, 11) is 1.67. The lowest BCUT2D eigenvalue weighted by molar-refractivity contribution is 0.0740. The van der Waals surface area contributed by atoms with E-state index in [0.29, 0.717) is 49.2 Å². The van der Waals surface area contributed by atoms with Crippen LogP contribution in [-0.4, -0.2) is 53.9 Å². The van der Waals surface area contributed by atoms with Crippen molar-refractivity contribution in [1.29, 1.82) is 0 Å². The van der Waals surface area contributed by atoms with Gasteiger partial charge in [-0.25, -0.2) is 4.68 Å². The Morgan fingerprint density at radius 2 is 1.68 bits per heavy atom. The van der Waals surface area contributed by atoms with E-state index >= 15 is 0 Å². The van der Waals surface area contributed by atoms with Gasteiger partial charge in [-0.15, -0.1) is 0 Å². The first-order valence-corrected chi connectivity index (χ1v) is 10.8. The van der Waals surface area contributed by atoms with E-state index in [1.807, 2.05) is 47.4 Å². The van der Waals surface area contributed by atoms with E-state index < -0.39 is 0 Å². The molecular weight excluding hydrogens is 392 g/mol. The number of nitrogens with zero attached hydrogens (tertiary/aromatic N) is 4. The minimum atomic E-state index is -0.137. The molecule has 0 N–H and O–H groups in total. The average Bonchev–Trinajstić information content (AvgIpc) is 2.83. The predicted molar refractivity (Wildman–Crippen MR) is 122 cm³/mol. The zero-order chi connectivity index (χ0) is 21.8. The highest BCUT2D eigenvalue weighted by Crippen LogP contribution is 2.28. The van der Waals surface area contributed by atoms with Crippen molar-refractivity contribution in [3.8, 4) is 5.75 Å². The van der Waals surface area contributed by atoms with Crippen molar-refractivity contribution in [2.75, 3.05) is 38.2 Å². The number of aromatic nitrogens is 2. The van der Waals surface area contributed by atoms with Gasteiger partial charge in [-0.2, -0.15) is 5.10 Å². The van der Waals surface area contributed by atoms with Crippen molar-refractivity contribution in [1.82, 2.24) is 14.7 Å². The number of methoxy groups -OCH3 is 1. The van der Waals surface area contributed by atoms with Crippen molar-refractivity contribution >= 4 is 22.4 Å². The smallest absolute Gasteiger partial charge is 0.275 e. The maximum absolute atomic E-state index is 13.4. The third kappa shape index (κ3) is 4.13. The molecule has 7 nitrogen and oxygen atoms in total. The molecule has 2 aromatic carbocycles. The van der Waals surface area contributed by atoms with Crippen LogP contribution in [-0.2, 0) is 6.54 Å². The highest BCUT2D eigenvalue weighted by atomic mass is 16.5. The fourth-order valence-corrected chi connectivity index (χ4v) is 4.04. The van der Waals surface area contributed by atoms with Crippen molar-refractivity contribution in [3.05, 3.63) is 64.6 Å². The summed E-state index contributed by atoms with van der Waals surface area (Å²) in [5.41, 5.74) is 1.26. The second-order valence-corrected chi connectivity index (χ2v) is 7.73. The van der Waals surface area contributed by atoms with Gasteiger partial charge in [0.05, 0.1) is 18.2 Å². The van der Waals surface area contributed by atoms with Crippen LogP contribution in [0.3, 0.4) is 0 Å². The monoisotopic (exact) mass is 420 g/mol. The Bertz CT molecular complexity index is 1130. The first-order valence-electron chi connectivity index (χ1n) is 10.8. The number of benzene rings is 2. The highest BCUT2D eigenvalue weighted by molar-refractivity contribution is 6.04. The Morgan fingerprint density at radius 3 is 2.39 bits per heavy atom. The van der Waals surface area contributed by atoms with Gasteiger partial charge in [-0.3, -0.25) is 9.59 Å². The Kier molecular flexibility index (Phi) is 6.21. The molecule has 2 heterocycles. The van der Waals surface area contributed by atoms with E-state index in [-0.39, 0.29) is 11.5 Å². The lowest BCUT2D eigenvalue weighted by atomic mass is 10.1. The minimum Gasteiger partial charge on any atom is -0.495 e. The molecule has 0 spiro atoms. The summed E-state index contributed by atoms with van der Waals surface area (Å²) in [6.07, 6.45) is 1.80. The molecule has 1 fully saturated rings. The number of carbonyl (C=O) groups is 1. The SMILES string of the molecule is CCCCn1nc(C(=O)N2CCN(c3ccccc3OC)CC2)c2ccccc2c1=O. The minimum absolute atomic E-state index is 0.124. The van der Waals surface area contributed by atoms with Crippen LogP contribution < -0.4 is 15.2 Å². The van der Waals surface area contributed by atoms with Crippen LogP contribution in [0.15, 0.2) is 53.3 Å². The van der Waals surface area contributed by atoms with E-state index in [1.54, 1.807) is 13.2 Å². The summed E-state index contributed by atoms with van der Waals surface area (Å²) < 4.78 is 6.93. The number of hydrogen-bond donors (Lipinski definition) is 0. The van der Waals surface area contributed by atoms with E-state index in [0.717, 1.165) is 24.3 Å². The van der Waals surface area contributed by atoms with Crippen molar-refractivity contribution < 1.29 is 9.53 Å². The number of para-hydroxylation sites is 2. The van der Waals surface area contributed by atoms with E-state index in [2.05, 4.69) is 16.9 Å². The summed E-state index contributed by atoms with van der Waals surface area (Å²) in [5, 5.41) is 5.67. The molecule has 7 heteroatoms. The molecule has 0 saturated carbocycles. The Morgan fingerprint density at radius 1 is 1.00 bits per heavy atom. The van der Waals surface area contributed by atoms with Crippen LogP contribution >= 0.6 is 0 Å². The number of unbranched alkanes of at least 4 members (excludes halogenated alkanes) is 1. The zero-order valence-electron chi connectivity index (χ0n) is 18.1. The third-order valence-corrected chi connectivity index (χ3v) is 5.79. The molecule has 1 amide bonds. The van der Waals surface area contributed by atoms with Crippen LogP contribution in [0.1, 0.15) is 30.3 Å². The number of hydrogen-bond acceptors (Lipinski definition) is 5. The summed E-state index contributed by atoms with van der Waals surface area (Å²) in [6, 6.07) is 15.2. The number of fused-ring (bicyclic) bond motifs is 1. The fraction of sp³-hybridized carbons (Fsp3) is 0.375. The van der Waals surface area contributed by atoms with Crippen LogP contribution in [0, 0.1) is 0 Å². The molecule has 0 bridgehead atoms. The Balaban J connectivity index is 1.59. The number of carbonyl (C=O) groups excluding carboxylic acids is 1. The molecule has 31 heavy (non-hydrogen) atoms. The highest BCUT2D eigenvalue weighted by Gasteiger charge is 2.26. The number of rotatable bonds is 6. The molecule has 0 radical (unpaired) electrons. The molecule has 0 aliphatic carbocycles. The van der Waals surface area contributed by atoms with Gasteiger partial charge in [0.2, 0.25) is 0 Å². The predicted octanol–water partition coefficient (Wildman–Crippen LogP) is 3.17. The Labute approximate surface area is 181 Å². The summed E-state index contributed by atoms with van der Waals surface area (Å²) >= 11 is 0. The summed E-state index contributed by atoms with van der Waals surface area (Å²) in [4.78, 5) is 30.3. The first kappa shape index (κ1) is 20.9. The molecular formula is C24H28N4O3. The van der Waals surface area contributed by atoms with E-state index in [9.17, 15) is 9.59 Å². The van der Waals surface area contributed by atoms with Crippen molar-refractivity contribution in [3.63, 3.8) is 0 Å². The van der Waals surface area contributed by atoms with Crippen LogP contribution in [0.4, 0.5) is 5.69 Å². The third-order valence-electron chi connectivity index (χ3n) is 5.79. The van der Waals surface area contributed by atoms with Crippen LogP contribution in [0.5, 0.6) is 5.75 Å². The number of aryl methyl sites for hydroxylation is 1. The molecule has 0 atom stereocenters. The average molecular weight is 421 g/mol. The second-order valence-electron chi connectivity index (χ2n) is 7.73. The zero-order valence-corrected chi connectivity index (χ0v) is 18.1. The van der Waals surface area contributed by atoms with Gasteiger partial charge < -0.3 is 14.5 Å². The molecule has 0 unspecified atom stereocenters. The molecule has 1 aliphatic heterocycles. The molecule has 4 rings (SSSR count). The maximum atomic E-state index is 13.4. The molecule has 1 saturated heterocycles. The summed E-state index contributed by atoms with van der Waals surface area (Å²) in [6.45, 7) is 5.17. The first-order chi connectivity index (χ1) is 15.1. The number of anilines is 1. The lowest BCUT2D eigenvalue weighted by Gasteiger charge is -2.36. The van der Waals surface area contributed by atoms with E-state index in [1.165, 1.54) is 4.68 Å². The maximum Gasteiger partial charge on any atom is 0.275 e. The van der Waals surface area contributed by atoms with Gasteiger partial charge in [0.1, 0.15) is 5.75 Å². The van der Waals surface area contributed by atoms with Gasteiger partial charge in [0, 0.05) is 38.1 Å². The summed E-state index contributed by atoms with van der Waals surface area (Å²) in [5.74, 6) is 0.707. The number of ether oxygens (including phenoxy) is 1. The van der Waals surface area contributed by atoms with Crippen molar-refractivity contribution in [2.45, 2.75) is 26.3 Å². The van der Waals surface area contributed by atoms with Gasteiger partial charge >= 0.3 is 0 Å². The quantitative estimate of drug-likeness (QED) is 0.613. The topological polar surface area (TPSA) is 67.7 Å². The van der Waals surface area contributed by atoms with Gasteiger partial charge in [-0.1, -0.05) is 43.7 Å². The fourth-order valence-electron chi connectivity index (χ4n) is 4.04. The lowest BCUT2D eigenvalue weighted by Crippen LogP contribution is -2.49. The normalized spacial score (nSPS) is 14.1. The Hall–Kier alpha value is -3.35. The van der Waals surface area contributed by atoms with Crippen molar-refractivity contribution in [2.24, 2.45) is 0 Å². The van der Waals surface area contributed by atoms with Gasteiger partial charge in [0.15, 0.2) is 5.69 Å². The number of piperazine rings is 1. The van der Waals surface area contributed by atoms with E-state index in [4.69, 9.17) is 4.74 Å². The van der Waals surface area contributed by atoms with Gasteiger partial charge in [-0.05, 0) is 24.6 Å². The molecule has 1 aromatic heterocycles. The molecule has 162 valence electrons. The molecule has 3 aromatic rings. The number of amides is 1. The second kappa shape index (κ2) is 9.20. The van der Waals surface area contributed by atoms with Crippen LogP contribution in [0.25, 0.3) is 10.8 Å². The largest absolute Gasteiger partial charge is 0.495 e. The molecule has 1 aliphatic rings. The van der Waals surface area contributed by atoms with Gasteiger partial charge in [0.25, 0.3) is 11.5 Å². The van der Waals surface area contributed by atoms with Crippen LogP contribution in [0.2, 0.25) is 0 Å². The standard InChI is InChI=1S/C24H28N4O3/c1-3-4-13-28-23(29)19-10-6-5-9-18(19)22(25-28)24(30)27-16-14-26(15-17-27)20-11-7-8-12-21(20)31-2/h5-12H,3-4,13-17H2,1-2H3.